The number of anilines is 1. The van der Waals surface area contributed by atoms with Gasteiger partial charge in [-0.2, -0.15) is 0 Å². The first-order valence-corrected chi connectivity index (χ1v) is 8.59. The number of aromatic nitrogens is 2. The number of benzene rings is 2. The molecule has 26 heavy (non-hydrogen) atoms. The van der Waals surface area contributed by atoms with Gasteiger partial charge in [0.05, 0.1) is 11.3 Å². The van der Waals surface area contributed by atoms with E-state index in [1.165, 1.54) is 5.56 Å². The van der Waals surface area contributed by atoms with Crippen LogP contribution in [0.3, 0.4) is 0 Å². The van der Waals surface area contributed by atoms with Gasteiger partial charge >= 0.3 is 0 Å². The number of rotatable bonds is 4. The van der Waals surface area contributed by atoms with Crippen molar-refractivity contribution in [3.05, 3.63) is 81.8 Å². The lowest BCUT2D eigenvalue weighted by molar-refractivity contribution is 0.242. The van der Waals surface area contributed by atoms with Crippen molar-refractivity contribution in [1.29, 1.82) is 0 Å². The number of aromatic amines is 1. The van der Waals surface area contributed by atoms with E-state index in [1.54, 1.807) is 0 Å². The van der Waals surface area contributed by atoms with Gasteiger partial charge in [-0.15, -0.1) is 0 Å². The monoisotopic (exact) mass is 348 g/mol. The van der Waals surface area contributed by atoms with Crippen LogP contribution in [0.2, 0.25) is 0 Å². The first-order valence-electron chi connectivity index (χ1n) is 8.59. The van der Waals surface area contributed by atoms with Gasteiger partial charge in [-0.1, -0.05) is 30.3 Å². The van der Waals surface area contributed by atoms with E-state index in [9.17, 15) is 4.79 Å². The van der Waals surface area contributed by atoms with Crippen LogP contribution in [0.4, 0.5) is 5.95 Å². The molecule has 3 aromatic rings. The minimum Gasteiger partial charge on any atom is -0.457 e. The van der Waals surface area contributed by atoms with E-state index < -0.39 is 0 Å². The van der Waals surface area contributed by atoms with Crippen molar-refractivity contribution in [3.63, 3.8) is 0 Å². The number of fused-ring (bicyclic) bond motifs is 1. The highest BCUT2D eigenvalue weighted by molar-refractivity contribution is 5.33. The summed E-state index contributed by atoms with van der Waals surface area (Å²) in [6.45, 7) is 2.21. The van der Waals surface area contributed by atoms with Crippen LogP contribution in [-0.4, -0.2) is 21.4 Å². The van der Waals surface area contributed by atoms with Gasteiger partial charge in [-0.3, -0.25) is 14.7 Å². The molecule has 1 aliphatic rings. The van der Waals surface area contributed by atoms with Gasteiger partial charge in [0.2, 0.25) is 5.95 Å². The molecule has 132 valence electrons. The molecule has 1 aromatic heterocycles. The van der Waals surface area contributed by atoms with E-state index >= 15 is 0 Å². The summed E-state index contributed by atoms with van der Waals surface area (Å²) in [4.78, 5) is 21.1. The molecule has 2 aromatic carbocycles. The molecule has 0 saturated carbocycles. The van der Waals surface area contributed by atoms with Crippen molar-refractivity contribution in [2.45, 2.75) is 19.5 Å². The highest BCUT2D eigenvalue weighted by atomic mass is 16.5. The summed E-state index contributed by atoms with van der Waals surface area (Å²) in [7, 11) is 0. The highest BCUT2D eigenvalue weighted by Crippen LogP contribution is 2.22. The molecule has 6 heteroatoms. The number of H-pyrrole nitrogens is 1. The summed E-state index contributed by atoms with van der Waals surface area (Å²) in [5.41, 5.74) is 8.19. The van der Waals surface area contributed by atoms with E-state index in [4.69, 9.17) is 10.5 Å². The maximum Gasteiger partial charge on any atom is 0.257 e. The SMILES string of the molecule is Nc1nc2c(c(=O)[nH]1)CN(Cc1ccc(Oc3ccccc3)cc1)CC2. The first-order chi connectivity index (χ1) is 12.7. The number of hydrogen-bond donors (Lipinski definition) is 2. The van der Waals surface area contributed by atoms with Crippen LogP contribution >= 0.6 is 0 Å². The van der Waals surface area contributed by atoms with E-state index in [-0.39, 0.29) is 11.5 Å². The number of hydrogen-bond acceptors (Lipinski definition) is 5. The average Bonchev–Trinajstić information content (AvgIpc) is 2.65. The predicted octanol–water partition coefficient (Wildman–Crippen LogP) is 2.70. The van der Waals surface area contributed by atoms with Crippen molar-refractivity contribution in [1.82, 2.24) is 14.9 Å². The van der Waals surface area contributed by atoms with Crippen LogP contribution in [0.15, 0.2) is 59.4 Å². The zero-order valence-electron chi connectivity index (χ0n) is 14.3. The topological polar surface area (TPSA) is 84.2 Å². The van der Waals surface area contributed by atoms with Crippen LogP contribution in [0.5, 0.6) is 11.5 Å². The maximum absolute atomic E-state index is 12.1. The van der Waals surface area contributed by atoms with Crippen molar-refractivity contribution in [2.75, 3.05) is 12.3 Å². The molecule has 0 unspecified atom stereocenters. The van der Waals surface area contributed by atoms with E-state index in [1.807, 2.05) is 42.5 Å². The minimum atomic E-state index is -0.135. The molecule has 0 saturated heterocycles. The molecular formula is C20H20N4O2. The van der Waals surface area contributed by atoms with Crippen LogP contribution in [0, 0.1) is 0 Å². The Morgan fingerprint density at radius 1 is 1.08 bits per heavy atom. The molecule has 2 heterocycles. The van der Waals surface area contributed by atoms with Crippen molar-refractivity contribution in [2.24, 2.45) is 0 Å². The summed E-state index contributed by atoms with van der Waals surface area (Å²) in [5.74, 6) is 1.81. The zero-order valence-corrected chi connectivity index (χ0v) is 14.3. The number of nitrogens with two attached hydrogens (primary N) is 1. The molecule has 6 nitrogen and oxygen atoms in total. The molecule has 0 spiro atoms. The predicted molar refractivity (Wildman–Crippen MR) is 100 cm³/mol. The Morgan fingerprint density at radius 3 is 2.58 bits per heavy atom. The van der Waals surface area contributed by atoms with Gasteiger partial charge in [-0.05, 0) is 29.8 Å². The lowest BCUT2D eigenvalue weighted by Crippen LogP contribution is -2.35. The van der Waals surface area contributed by atoms with Crippen LogP contribution in [0.25, 0.3) is 0 Å². The summed E-state index contributed by atoms with van der Waals surface area (Å²) in [6.07, 6.45) is 0.735. The molecule has 0 amide bonds. The van der Waals surface area contributed by atoms with E-state index in [0.29, 0.717) is 6.54 Å². The number of ether oxygens (including phenoxy) is 1. The second kappa shape index (κ2) is 7.01. The van der Waals surface area contributed by atoms with Crippen LogP contribution in [-0.2, 0) is 19.5 Å². The standard InChI is InChI=1S/C20H20N4O2/c21-20-22-18-10-11-24(13-17(18)19(25)23-20)12-14-6-8-16(9-7-14)26-15-4-2-1-3-5-15/h1-9H,10-13H2,(H3,21,22,23,25). The van der Waals surface area contributed by atoms with E-state index in [0.717, 1.165) is 42.3 Å². The fourth-order valence-corrected chi connectivity index (χ4v) is 3.18. The first kappa shape index (κ1) is 16.4. The second-order valence-electron chi connectivity index (χ2n) is 6.40. The lowest BCUT2D eigenvalue weighted by Gasteiger charge is -2.27. The fourth-order valence-electron chi connectivity index (χ4n) is 3.18. The quantitative estimate of drug-likeness (QED) is 0.757. The number of nitrogens with zero attached hydrogens (tertiary/aromatic N) is 2. The number of nitrogens with one attached hydrogen (secondary N) is 1. The molecule has 0 aliphatic carbocycles. The van der Waals surface area contributed by atoms with Crippen molar-refractivity contribution >= 4 is 5.95 Å². The second-order valence-corrected chi connectivity index (χ2v) is 6.40. The Bertz CT molecular complexity index is 952. The molecule has 4 rings (SSSR count). The van der Waals surface area contributed by atoms with Gasteiger partial charge in [0.15, 0.2) is 0 Å². The third kappa shape index (κ3) is 3.60. The molecule has 3 N–H and O–H groups in total. The van der Waals surface area contributed by atoms with E-state index in [2.05, 4.69) is 27.0 Å². The average molecular weight is 348 g/mol. The number of nitrogen functional groups attached to an aromatic ring is 1. The third-order valence-electron chi connectivity index (χ3n) is 4.47. The Hall–Kier alpha value is -3.12. The highest BCUT2D eigenvalue weighted by Gasteiger charge is 2.20. The largest absolute Gasteiger partial charge is 0.457 e. The van der Waals surface area contributed by atoms with Crippen molar-refractivity contribution < 1.29 is 4.74 Å². The number of para-hydroxylation sites is 1. The van der Waals surface area contributed by atoms with Gasteiger partial charge in [0, 0.05) is 26.1 Å². The molecule has 0 fully saturated rings. The Balaban J connectivity index is 1.42. The van der Waals surface area contributed by atoms with Gasteiger partial charge in [-0.25, -0.2) is 4.98 Å². The van der Waals surface area contributed by atoms with Crippen LogP contribution in [0.1, 0.15) is 16.8 Å². The Morgan fingerprint density at radius 2 is 1.81 bits per heavy atom. The van der Waals surface area contributed by atoms with Gasteiger partial charge < -0.3 is 10.5 Å². The summed E-state index contributed by atoms with van der Waals surface area (Å²) in [5, 5.41) is 0. The smallest absolute Gasteiger partial charge is 0.257 e. The summed E-state index contributed by atoms with van der Waals surface area (Å²) < 4.78 is 5.82. The maximum atomic E-state index is 12.1. The van der Waals surface area contributed by atoms with Gasteiger partial charge in [0.1, 0.15) is 11.5 Å². The molecule has 0 atom stereocenters. The molecule has 1 aliphatic heterocycles. The zero-order chi connectivity index (χ0) is 17.9. The van der Waals surface area contributed by atoms with Crippen LogP contribution < -0.4 is 16.0 Å². The summed E-state index contributed by atoms with van der Waals surface area (Å²) >= 11 is 0. The minimum absolute atomic E-state index is 0.135. The Kier molecular flexibility index (Phi) is 4.41. The molecular weight excluding hydrogens is 328 g/mol. The summed E-state index contributed by atoms with van der Waals surface area (Å²) in [6, 6.07) is 17.8. The third-order valence-corrected chi connectivity index (χ3v) is 4.47. The van der Waals surface area contributed by atoms with Gasteiger partial charge in [0.25, 0.3) is 5.56 Å². The lowest BCUT2D eigenvalue weighted by atomic mass is 10.1. The Labute approximate surface area is 151 Å². The van der Waals surface area contributed by atoms with Crippen molar-refractivity contribution in [3.8, 4) is 11.5 Å². The normalized spacial score (nSPS) is 14.0. The molecule has 0 bridgehead atoms. The molecule has 0 radical (unpaired) electrons. The fraction of sp³-hybridized carbons (Fsp3) is 0.200.